The van der Waals surface area contributed by atoms with Gasteiger partial charge < -0.3 is 5.32 Å². The number of imide groups is 1. The van der Waals surface area contributed by atoms with Crippen LogP contribution >= 0.6 is 11.6 Å². The van der Waals surface area contributed by atoms with Crippen molar-refractivity contribution in [1.82, 2.24) is 15.5 Å². The number of hydrogen-bond donors (Lipinski definition) is 2. The number of nitrogens with one attached hydrogen (secondary N) is 2. The van der Waals surface area contributed by atoms with Crippen LogP contribution in [-0.2, 0) is 11.3 Å². The summed E-state index contributed by atoms with van der Waals surface area (Å²) < 4.78 is 0. The monoisotopic (exact) mass is 309 g/mol. The minimum atomic E-state index is -0.408. The highest BCUT2D eigenvalue weighted by molar-refractivity contribution is 6.30. The lowest BCUT2D eigenvalue weighted by Crippen LogP contribution is -2.48. The Labute approximate surface area is 129 Å². The van der Waals surface area contributed by atoms with Crippen molar-refractivity contribution in [2.24, 2.45) is 0 Å². The first-order chi connectivity index (χ1) is 9.95. The molecule has 0 aliphatic heterocycles. The summed E-state index contributed by atoms with van der Waals surface area (Å²) in [6.07, 6.45) is 1.99. The van der Waals surface area contributed by atoms with E-state index in [0.29, 0.717) is 11.6 Å². The number of carbonyl (C=O) groups excluding carboxylic acids is 2. The van der Waals surface area contributed by atoms with Crippen molar-refractivity contribution in [3.63, 3.8) is 0 Å². The molecule has 1 unspecified atom stereocenters. The van der Waals surface area contributed by atoms with Crippen molar-refractivity contribution in [2.45, 2.75) is 38.4 Å². The van der Waals surface area contributed by atoms with Gasteiger partial charge in [-0.25, -0.2) is 4.79 Å². The highest BCUT2D eigenvalue weighted by Gasteiger charge is 2.25. The van der Waals surface area contributed by atoms with Crippen LogP contribution in [-0.4, -0.2) is 36.0 Å². The Kier molecular flexibility index (Phi) is 5.20. The molecular weight excluding hydrogens is 290 g/mol. The van der Waals surface area contributed by atoms with Crippen LogP contribution in [0.5, 0.6) is 0 Å². The van der Waals surface area contributed by atoms with Crippen molar-refractivity contribution < 1.29 is 9.59 Å². The van der Waals surface area contributed by atoms with Crippen LogP contribution in [0.25, 0.3) is 0 Å². The molecule has 3 amide bonds. The summed E-state index contributed by atoms with van der Waals surface area (Å²) in [4.78, 5) is 25.4. The quantitative estimate of drug-likeness (QED) is 0.876. The van der Waals surface area contributed by atoms with Crippen LogP contribution in [0.15, 0.2) is 24.3 Å². The fraction of sp³-hybridized carbons (Fsp3) is 0.467. The number of halogens is 1. The molecule has 2 N–H and O–H groups in total. The van der Waals surface area contributed by atoms with Gasteiger partial charge in [0.2, 0.25) is 5.91 Å². The Morgan fingerprint density at radius 2 is 1.95 bits per heavy atom. The van der Waals surface area contributed by atoms with E-state index in [4.69, 9.17) is 11.6 Å². The average Bonchev–Trinajstić information content (AvgIpc) is 3.24. The zero-order valence-corrected chi connectivity index (χ0v) is 13.0. The fourth-order valence-corrected chi connectivity index (χ4v) is 2.01. The van der Waals surface area contributed by atoms with Gasteiger partial charge in [0.25, 0.3) is 0 Å². The van der Waals surface area contributed by atoms with Crippen LogP contribution in [0.3, 0.4) is 0 Å². The number of carbonyl (C=O) groups is 2. The lowest BCUT2D eigenvalue weighted by Gasteiger charge is -2.23. The van der Waals surface area contributed by atoms with E-state index < -0.39 is 12.1 Å². The van der Waals surface area contributed by atoms with E-state index in [1.165, 1.54) is 0 Å². The molecule has 2 rings (SSSR count). The number of rotatable bonds is 5. The van der Waals surface area contributed by atoms with Gasteiger partial charge in [-0.3, -0.25) is 15.0 Å². The van der Waals surface area contributed by atoms with Crippen molar-refractivity contribution in [3.8, 4) is 0 Å². The zero-order valence-electron chi connectivity index (χ0n) is 12.2. The van der Waals surface area contributed by atoms with E-state index in [0.717, 1.165) is 18.4 Å². The van der Waals surface area contributed by atoms with Gasteiger partial charge >= 0.3 is 6.03 Å². The van der Waals surface area contributed by atoms with Gasteiger partial charge in [0.15, 0.2) is 0 Å². The maximum Gasteiger partial charge on any atom is 0.321 e. The summed E-state index contributed by atoms with van der Waals surface area (Å²) in [5.41, 5.74) is 1.06. The average molecular weight is 310 g/mol. The lowest BCUT2D eigenvalue weighted by molar-refractivity contribution is -0.124. The third kappa shape index (κ3) is 5.02. The Morgan fingerprint density at radius 3 is 2.52 bits per heavy atom. The molecule has 1 aliphatic carbocycles. The maximum absolute atomic E-state index is 12.0. The summed E-state index contributed by atoms with van der Waals surface area (Å²) in [5.74, 6) is -0.301. The molecule has 1 aromatic carbocycles. The lowest BCUT2D eigenvalue weighted by atomic mass is 10.2. The van der Waals surface area contributed by atoms with Crippen LogP contribution < -0.4 is 10.6 Å². The Balaban J connectivity index is 1.82. The van der Waals surface area contributed by atoms with Gasteiger partial charge in [-0.05, 0) is 44.5 Å². The number of benzene rings is 1. The first-order valence-corrected chi connectivity index (χ1v) is 7.39. The Hall–Kier alpha value is -1.59. The second-order valence-electron chi connectivity index (χ2n) is 5.45. The van der Waals surface area contributed by atoms with Crippen molar-refractivity contribution in [3.05, 3.63) is 34.9 Å². The topological polar surface area (TPSA) is 61.4 Å². The summed E-state index contributed by atoms with van der Waals surface area (Å²) in [6.45, 7) is 2.38. The second-order valence-corrected chi connectivity index (χ2v) is 5.89. The van der Waals surface area contributed by atoms with Gasteiger partial charge in [-0.1, -0.05) is 23.7 Å². The molecule has 0 radical (unpaired) electrons. The van der Waals surface area contributed by atoms with Gasteiger partial charge in [-0.15, -0.1) is 0 Å². The smallest absolute Gasteiger partial charge is 0.321 e. The second kappa shape index (κ2) is 6.91. The summed E-state index contributed by atoms with van der Waals surface area (Å²) in [7, 11) is 1.84. The molecule has 0 aromatic heterocycles. The number of amides is 3. The Morgan fingerprint density at radius 1 is 1.33 bits per heavy atom. The molecule has 1 aromatic rings. The van der Waals surface area contributed by atoms with Gasteiger partial charge in [0, 0.05) is 17.6 Å². The number of urea groups is 1. The standard InChI is InChI=1S/C15H20ClN3O2/c1-10(14(20)18-15(21)17-13-7-8-13)19(2)9-11-3-5-12(16)6-4-11/h3-6,10,13H,7-9H2,1-2H3,(H2,17,18,20,21). The molecule has 114 valence electrons. The largest absolute Gasteiger partial charge is 0.335 e. The molecule has 1 atom stereocenters. The van der Waals surface area contributed by atoms with E-state index in [2.05, 4.69) is 10.6 Å². The molecule has 0 heterocycles. The molecule has 0 bridgehead atoms. The normalized spacial score (nSPS) is 15.6. The minimum absolute atomic E-state index is 0.236. The third-order valence-corrected chi connectivity index (χ3v) is 3.79. The van der Waals surface area contributed by atoms with E-state index in [-0.39, 0.29) is 11.9 Å². The number of nitrogens with zero attached hydrogens (tertiary/aromatic N) is 1. The van der Waals surface area contributed by atoms with Gasteiger partial charge in [0.05, 0.1) is 6.04 Å². The molecule has 21 heavy (non-hydrogen) atoms. The molecule has 6 heteroatoms. The molecule has 0 spiro atoms. The van der Waals surface area contributed by atoms with E-state index in [9.17, 15) is 9.59 Å². The number of hydrogen-bond acceptors (Lipinski definition) is 3. The number of likely N-dealkylation sites (N-methyl/N-ethyl adjacent to an activating group) is 1. The van der Waals surface area contributed by atoms with Crippen LogP contribution in [0.2, 0.25) is 5.02 Å². The van der Waals surface area contributed by atoms with Crippen molar-refractivity contribution >= 4 is 23.5 Å². The van der Waals surface area contributed by atoms with Crippen LogP contribution in [0.4, 0.5) is 4.79 Å². The third-order valence-electron chi connectivity index (χ3n) is 3.54. The minimum Gasteiger partial charge on any atom is -0.335 e. The van der Waals surface area contributed by atoms with Gasteiger partial charge in [-0.2, -0.15) is 0 Å². The first kappa shape index (κ1) is 15.8. The highest BCUT2D eigenvalue weighted by atomic mass is 35.5. The predicted molar refractivity (Wildman–Crippen MR) is 82.1 cm³/mol. The SMILES string of the molecule is CC(C(=O)NC(=O)NC1CC1)N(C)Cc1ccc(Cl)cc1. The van der Waals surface area contributed by atoms with Crippen LogP contribution in [0, 0.1) is 0 Å². The molecule has 5 nitrogen and oxygen atoms in total. The van der Waals surface area contributed by atoms with E-state index in [1.54, 1.807) is 6.92 Å². The van der Waals surface area contributed by atoms with E-state index in [1.807, 2.05) is 36.2 Å². The molecule has 0 saturated heterocycles. The zero-order chi connectivity index (χ0) is 15.4. The summed E-state index contributed by atoms with van der Waals surface area (Å²) in [5, 5.41) is 5.79. The van der Waals surface area contributed by atoms with Gasteiger partial charge in [0.1, 0.15) is 0 Å². The van der Waals surface area contributed by atoms with Crippen LogP contribution in [0.1, 0.15) is 25.3 Å². The van der Waals surface area contributed by atoms with Crippen molar-refractivity contribution in [2.75, 3.05) is 7.05 Å². The Bertz CT molecular complexity index is 514. The maximum atomic E-state index is 12.0. The highest BCUT2D eigenvalue weighted by Crippen LogP contribution is 2.18. The van der Waals surface area contributed by atoms with Crippen molar-refractivity contribution in [1.29, 1.82) is 0 Å². The summed E-state index contributed by atoms with van der Waals surface area (Å²) >= 11 is 5.84. The fourth-order valence-electron chi connectivity index (χ4n) is 1.88. The summed E-state index contributed by atoms with van der Waals surface area (Å²) in [6, 6.07) is 6.91. The molecule has 1 saturated carbocycles. The predicted octanol–water partition coefficient (Wildman–Crippen LogP) is 2.15. The molecular formula is C15H20ClN3O2. The van der Waals surface area contributed by atoms with E-state index >= 15 is 0 Å². The molecule has 1 fully saturated rings. The molecule has 1 aliphatic rings. The first-order valence-electron chi connectivity index (χ1n) is 7.01.